The molecule has 2 amide bonds. The number of urea groups is 1. The fraction of sp³-hybridized carbons (Fsp3) is 0.409. The van der Waals surface area contributed by atoms with Gasteiger partial charge in [0, 0.05) is 38.4 Å². The molecule has 0 radical (unpaired) electrons. The van der Waals surface area contributed by atoms with Gasteiger partial charge in [0.15, 0.2) is 0 Å². The number of amides is 2. The molecule has 5 nitrogen and oxygen atoms in total. The number of hydrogen-bond donors (Lipinski definition) is 1. The molecule has 6 heteroatoms. The molecule has 0 spiro atoms. The molecule has 1 fully saturated rings. The van der Waals surface area contributed by atoms with Crippen LogP contribution in [-0.2, 0) is 11.3 Å². The number of morpholine rings is 1. The van der Waals surface area contributed by atoms with Gasteiger partial charge in [0.05, 0.1) is 13.2 Å². The number of nitrogens with one attached hydrogen (secondary N) is 1. The SMILES string of the molecule is Cc1cccc(NC(=O)N(CCCN2CCOCC2)Cc2ccc(F)cc2)c1. The Morgan fingerprint density at radius 3 is 2.64 bits per heavy atom. The Bertz CT molecular complexity index is 761. The van der Waals surface area contributed by atoms with Gasteiger partial charge in [0.2, 0.25) is 0 Å². The van der Waals surface area contributed by atoms with Crippen LogP contribution in [0.5, 0.6) is 0 Å². The summed E-state index contributed by atoms with van der Waals surface area (Å²) >= 11 is 0. The third kappa shape index (κ3) is 6.32. The van der Waals surface area contributed by atoms with Gasteiger partial charge in [0.1, 0.15) is 5.82 Å². The topological polar surface area (TPSA) is 44.8 Å². The first-order chi connectivity index (χ1) is 13.6. The predicted molar refractivity (Wildman–Crippen MR) is 109 cm³/mol. The summed E-state index contributed by atoms with van der Waals surface area (Å²) in [7, 11) is 0. The van der Waals surface area contributed by atoms with Crippen molar-refractivity contribution in [2.45, 2.75) is 19.9 Å². The van der Waals surface area contributed by atoms with E-state index in [2.05, 4.69) is 10.2 Å². The molecule has 1 aliphatic heterocycles. The Morgan fingerprint density at radius 1 is 1.18 bits per heavy atom. The van der Waals surface area contributed by atoms with Crippen molar-refractivity contribution in [2.75, 3.05) is 44.7 Å². The minimum absolute atomic E-state index is 0.142. The summed E-state index contributed by atoms with van der Waals surface area (Å²) in [4.78, 5) is 17.0. The lowest BCUT2D eigenvalue weighted by Gasteiger charge is -2.28. The van der Waals surface area contributed by atoms with Gasteiger partial charge in [-0.05, 0) is 48.7 Å². The Kier molecular flexibility index (Phi) is 7.39. The zero-order valence-corrected chi connectivity index (χ0v) is 16.4. The number of aryl methyl sites for hydroxylation is 1. The van der Waals surface area contributed by atoms with Crippen LogP contribution in [0.1, 0.15) is 17.5 Å². The molecule has 0 saturated carbocycles. The van der Waals surface area contributed by atoms with Crippen LogP contribution in [0.3, 0.4) is 0 Å². The van der Waals surface area contributed by atoms with E-state index in [0.717, 1.165) is 56.1 Å². The van der Waals surface area contributed by atoms with E-state index in [1.807, 2.05) is 31.2 Å². The number of rotatable bonds is 7. The summed E-state index contributed by atoms with van der Waals surface area (Å²) in [6.45, 7) is 7.42. The van der Waals surface area contributed by atoms with E-state index in [-0.39, 0.29) is 11.8 Å². The van der Waals surface area contributed by atoms with Gasteiger partial charge in [-0.3, -0.25) is 4.90 Å². The number of anilines is 1. The van der Waals surface area contributed by atoms with Gasteiger partial charge in [0.25, 0.3) is 0 Å². The summed E-state index contributed by atoms with van der Waals surface area (Å²) in [5.41, 5.74) is 2.78. The van der Waals surface area contributed by atoms with Crippen LogP contribution in [0.2, 0.25) is 0 Å². The smallest absolute Gasteiger partial charge is 0.322 e. The van der Waals surface area contributed by atoms with E-state index in [0.29, 0.717) is 13.1 Å². The largest absolute Gasteiger partial charge is 0.379 e. The molecular weight excluding hydrogens is 357 g/mol. The van der Waals surface area contributed by atoms with Crippen LogP contribution >= 0.6 is 0 Å². The second kappa shape index (κ2) is 10.2. The van der Waals surface area contributed by atoms with Crippen LogP contribution in [-0.4, -0.2) is 55.2 Å². The van der Waals surface area contributed by atoms with Gasteiger partial charge in [-0.1, -0.05) is 24.3 Å². The third-order valence-electron chi connectivity index (χ3n) is 4.85. The first-order valence-corrected chi connectivity index (χ1v) is 9.77. The summed E-state index contributed by atoms with van der Waals surface area (Å²) in [6.07, 6.45) is 0.877. The molecule has 3 rings (SSSR count). The van der Waals surface area contributed by atoms with Gasteiger partial charge >= 0.3 is 6.03 Å². The molecule has 0 aliphatic carbocycles. The van der Waals surface area contributed by atoms with E-state index in [1.165, 1.54) is 12.1 Å². The number of ether oxygens (including phenoxy) is 1. The van der Waals surface area contributed by atoms with Gasteiger partial charge in [-0.15, -0.1) is 0 Å². The molecule has 1 N–H and O–H groups in total. The van der Waals surface area contributed by atoms with Crippen LogP contribution in [0.25, 0.3) is 0 Å². The van der Waals surface area contributed by atoms with E-state index in [4.69, 9.17) is 4.74 Å². The number of carbonyl (C=O) groups excluding carboxylic acids is 1. The third-order valence-corrected chi connectivity index (χ3v) is 4.85. The number of nitrogens with zero attached hydrogens (tertiary/aromatic N) is 2. The number of benzene rings is 2. The lowest BCUT2D eigenvalue weighted by molar-refractivity contribution is 0.0365. The van der Waals surface area contributed by atoms with Crippen molar-refractivity contribution in [2.24, 2.45) is 0 Å². The average Bonchev–Trinajstić information content (AvgIpc) is 2.69. The van der Waals surface area contributed by atoms with Crippen molar-refractivity contribution in [3.63, 3.8) is 0 Å². The standard InChI is InChI=1S/C22H28FN3O2/c1-18-4-2-5-21(16-18)24-22(27)26(17-19-6-8-20(23)9-7-19)11-3-10-25-12-14-28-15-13-25/h2,4-9,16H,3,10-15,17H2,1H3,(H,24,27). The fourth-order valence-electron chi connectivity index (χ4n) is 3.30. The number of carbonyl (C=O) groups is 1. The van der Waals surface area contributed by atoms with Crippen molar-refractivity contribution in [1.29, 1.82) is 0 Å². The Balaban J connectivity index is 1.62. The van der Waals surface area contributed by atoms with Gasteiger partial charge in [-0.25, -0.2) is 9.18 Å². The molecule has 0 bridgehead atoms. The highest BCUT2D eigenvalue weighted by Gasteiger charge is 2.16. The molecule has 1 heterocycles. The zero-order chi connectivity index (χ0) is 19.8. The zero-order valence-electron chi connectivity index (χ0n) is 16.4. The normalized spacial score (nSPS) is 14.6. The summed E-state index contributed by atoms with van der Waals surface area (Å²) in [5, 5.41) is 2.98. The van der Waals surface area contributed by atoms with E-state index in [9.17, 15) is 9.18 Å². The lowest BCUT2D eigenvalue weighted by Crippen LogP contribution is -2.40. The Hall–Kier alpha value is -2.44. The molecule has 0 aromatic heterocycles. The molecule has 2 aromatic carbocycles. The van der Waals surface area contributed by atoms with Crippen molar-refractivity contribution >= 4 is 11.7 Å². The molecule has 150 valence electrons. The first-order valence-electron chi connectivity index (χ1n) is 9.77. The van der Waals surface area contributed by atoms with Crippen molar-refractivity contribution in [3.8, 4) is 0 Å². The van der Waals surface area contributed by atoms with Crippen molar-refractivity contribution in [3.05, 3.63) is 65.5 Å². The molecular formula is C22H28FN3O2. The monoisotopic (exact) mass is 385 g/mol. The molecule has 2 aromatic rings. The molecule has 0 unspecified atom stereocenters. The first kappa shape index (κ1) is 20.3. The maximum Gasteiger partial charge on any atom is 0.322 e. The summed E-state index contributed by atoms with van der Waals surface area (Å²) < 4.78 is 18.6. The predicted octanol–water partition coefficient (Wildman–Crippen LogP) is 3.89. The Morgan fingerprint density at radius 2 is 1.93 bits per heavy atom. The number of halogens is 1. The van der Waals surface area contributed by atoms with Gasteiger partial charge < -0.3 is 15.0 Å². The average molecular weight is 385 g/mol. The Labute approximate surface area is 166 Å². The van der Waals surface area contributed by atoms with Crippen molar-refractivity contribution < 1.29 is 13.9 Å². The second-order valence-electron chi connectivity index (χ2n) is 7.16. The van der Waals surface area contributed by atoms with Crippen LogP contribution in [0.15, 0.2) is 48.5 Å². The lowest BCUT2D eigenvalue weighted by atomic mass is 10.2. The van der Waals surface area contributed by atoms with Crippen LogP contribution in [0, 0.1) is 12.7 Å². The highest BCUT2D eigenvalue weighted by Crippen LogP contribution is 2.13. The molecule has 1 saturated heterocycles. The highest BCUT2D eigenvalue weighted by molar-refractivity contribution is 5.89. The quantitative estimate of drug-likeness (QED) is 0.786. The minimum Gasteiger partial charge on any atom is -0.379 e. The maximum atomic E-state index is 13.2. The second-order valence-corrected chi connectivity index (χ2v) is 7.16. The molecule has 28 heavy (non-hydrogen) atoms. The minimum atomic E-state index is -0.271. The molecule has 1 aliphatic rings. The number of hydrogen-bond acceptors (Lipinski definition) is 3. The summed E-state index contributed by atoms with van der Waals surface area (Å²) in [6, 6.07) is 13.9. The van der Waals surface area contributed by atoms with E-state index in [1.54, 1.807) is 17.0 Å². The van der Waals surface area contributed by atoms with Crippen LogP contribution in [0.4, 0.5) is 14.9 Å². The highest BCUT2D eigenvalue weighted by atomic mass is 19.1. The molecule has 0 atom stereocenters. The maximum absolute atomic E-state index is 13.2. The van der Waals surface area contributed by atoms with E-state index < -0.39 is 0 Å². The van der Waals surface area contributed by atoms with Gasteiger partial charge in [-0.2, -0.15) is 0 Å². The van der Waals surface area contributed by atoms with E-state index >= 15 is 0 Å². The summed E-state index contributed by atoms with van der Waals surface area (Å²) in [5.74, 6) is -0.271. The van der Waals surface area contributed by atoms with Crippen LogP contribution < -0.4 is 5.32 Å². The van der Waals surface area contributed by atoms with Crippen molar-refractivity contribution in [1.82, 2.24) is 9.80 Å². The fourth-order valence-corrected chi connectivity index (χ4v) is 3.30.